The standard InChI is InChI=1S/C21H21NO5/c1-2-12-3-5-13(6-4-12)16(23)11-27-17(24)10-22-20(25)18-14-7-8-15(9-14)19(18)21(22)26/h3-8,14-15,18-19H,2,9-11H2,1H3. The first-order valence-corrected chi connectivity index (χ1v) is 9.31. The van der Waals surface area contributed by atoms with Crippen molar-refractivity contribution in [1.82, 2.24) is 4.90 Å². The first-order chi connectivity index (χ1) is 13.0. The third kappa shape index (κ3) is 2.99. The molecule has 1 aliphatic heterocycles. The first kappa shape index (κ1) is 17.6. The van der Waals surface area contributed by atoms with Gasteiger partial charge in [-0.1, -0.05) is 43.3 Å². The molecule has 140 valence electrons. The Morgan fingerprint density at radius 1 is 1.04 bits per heavy atom. The molecule has 2 bridgehead atoms. The van der Waals surface area contributed by atoms with Crippen molar-refractivity contribution in [1.29, 1.82) is 0 Å². The van der Waals surface area contributed by atoms with Crippen molar-refractivity contribution in [3.8, 4) is 0 Å². The molecule has 2 amide bonds. The number of likely N-dealkylation sites (tertiary alicyclic amines) is 1. The molecule has 2 fully saturated rings. The minimum Gasteiger partial charge on any atom is -0.456 e. The molecule has 0 N–H and O–H groups in total. The molecule has 1 aromatic carbocycles. The van der Waals surface area contributed by atoms with Crippen LogP contribution in [0.5, 0.6) is 0 Å². The Morgan fingerprint density at radius 2 is 1.63 bits per heavy atom. The molecule has 27 heavy (non-hydrogen) atoms. The predicted molar refractivity (Wildman–Crippen MR) is 95.5 cm³/mol. The van der Waals surface area contributed by atoms with Crippen LogP contribution < -0.4 is 0 Å². The normalized spacial score (nSPS) is 28.0. The number of allylic oxidation sites excluding steroid dienone is 2. The number of aryl methyl sites for hydroxylation is 1. The Hall–Kier alpha value is -2.76. The van der Waals surface area contributed by atoms with Crippen LogP contribution in [0.3, 0.4) is 0 Å². The zero-order chi connectivity index (χ0) is 19.1. The van der Waals surface area contributed by atoms with Gasteiger partial charge in [-0.05, 0) is 30.2 Å². The molecule has 0 spiro atoms. The Labute approximate surface area is 157 Å². The van der Waals surface area contributed by atoms with Gasteiger partial charge in [-0.25, -0.2) is 0 Å². The Kier molecular flexibility index (Phi) is 4.42. The molecule has 4 rings (SSSR count). The highest BCUT2D eigenvalue weighted by Crippen LogP contribution is 2.52. The molecule has 1 saturated carbocycles. The lowest BCUT2D eigenvalue weighted by atomic mass is 9.85. The largest absolute Gasteiger partial charge is 0.456 e. The SMILES string of the molecule is CCc1ccc(C(=O)COC(=O)CN2C(=O)C3C4C=CC(C4)C3C2=O)cc1. The van der Waals surface area contributed by atoms with E-state index in [1.54, 1.807) is 12.1 Å². The van der Waals surface area contributed by atoms with Crippen LogP contribution in [0, 0.1) is 23.7 Å². The number of hydrogen-bond acceptors (Lipinski definition) is 5. The van der Waals surface area contributed by atoms with Gasteiger partial charge in [0.2, 0.25) is 11.8 Å². The smallest absolute Gasteiger partial charge is 0.326 e. The van der Waals surface area contributed by atoms with Gasteiger partial charge in [-0.3, -0.25) is 24.1 Å². The van der Waals surface area contributed by atoms with E-state index in [0.717, 1.165) is 23.3 Å². The highest BCUT2D eigenvalue weighted by molar-refractivity contribution is 6.08. The highest BCUT2D eigenvalue weighted by atomic mass is 16.5. The van der Waals surface area contributed by atoms with Crippen molar-refractivity contribution in [3.63, 3.8) is 0 Å². The fourth-order valence-electron chi connectivity index (χ4n) is 4.45. The molecular weight excluding hydrogens is 346 g/mol. The maximum Gasteiger partial charge on any atom is 0.326 e. The van der Waals surface area contributed by atoms with E-state index < -0.39 is 19.1 Å². The Balaban J connectivity index is 1.32. The highest BCUT2D eigenvalue weighted by Gasteiger charge is 2.59. The molecule has 1 saturated heterocycles. The number of rotatable bonds is 6. The number of nitrogens with zero attached hydrogens (tertiary/aromatic N) is 1. The minimum absolute atomic E-state index is 0.102. The van der Waals surface area contributed by atoms with Crippen LogP contribution in [0.15, 0.2) is 36.4 Å². The predicted octanol–water partition coefficient (Wildman–Crippen LogP) is 1.78. The lowest BCUT2D eigenvalue weighted by Gasteiger charge is -2.16. The lowest BCUT2D eigenvalue weighted by Crippen LogP contribution is -2.38. The van der Waals surface area contributed by atoms with E-state index in [-0.39, 0.29) is 41.3 Å². The molecule has 3 aliphatic rings. The van der Waals surface area contributed by atoms with Crippen molar-refractivity contribution >= 4 is 23.6 Å². The third-order valence-corrected chi connectivity index (χ3v) is 5.90. The van der Waals surface area contributed by atoms with Gasteiger partial charge in [0.25, 0.3) is 0 Å². The van der Waals surface area contributed by atoms with E-state index in [1.807, 2.05) is 31.2 Å². The fourth-order valence-corrected chi connectivity index (χ4v) is 4.45. The van der Waals surface area contributed by atoms with Crippen molar-refractivity contribution in [3.05, 3.63) is 47.5 Å². The lowest BCUT2D eigenvalue weighted by molar-refractivity contribution is -0.152. The Bertz CT molecular complexity index is 811. The van der Waals surface area contributed by atoms with Gasteiger partial charge >= 0.3 is 5.97 Å². The monoisotopic (exact) mass is 367 g/mol. The van der Waals surface area contributed by atoms with Gasteiger partial charge in [0.1, 0.15) is 6.54 Å². The average Bonchev–Trinajstić information content (AvgIpc) is 3.36. The van der Waals surface area contributed by atoms with Crippen molar-refractivity contribution < 1.29 is 23.9 Å². The molecule has 6 nitrogen and oxygen atoms in total. The van der Waals surface area contributed by atoms with E-state index in [0.29, 0.717) is 5.56 Å². The van der Waals surface area contributed by atoms with Gasteiger partial charge in [0, 0.05) is 5.56 Å². The number of amides is 2. The van der Waals surface area contributed by atoms with E-state index >= 15 is 0 Å². The van der Waals surface area contributed by atoms with Gasteiger partial charge < -0.3 is 4.74 Å². The fraction of sp³-hybridized carbons (Fsp3) is 0.429. The van der Waals surface area contributed by atoms with Crippen molar-refractivity contribution in [2.75, 3.05) is 13.2 Å². The number of hydrogen-bond donors (Lipinski definition) is 0. The van der Waals surface area contributed by atoms with Crippen LogP contribution in [0.4, 0.5) is 0 Å². The van der Waals surface area contributed by atoms with Crippen molar-refractivity contribution in [2.24, 2.45) is 23.7 Å². The number of imide groups is 1. The molecular formula is C21H21NO5. The van der Waals surface area contributed by atoms with Gasteiger partial charge in [-0.2, -0.15) is 0 Å². The van der Waals surface area contributed by atoms with Crippen LogP contribution >= 0.6 is 0 Å². The first-order valence-electron chi connectivity index (χ1n) is 9.31. The van der Waals surface area contributed by atoms with Crippen LogP contribution in [0.25, 0.3) is 0 Å². The summed E-state index contributed by atoms with van der Waals surface area (Å²) in [7, 11) is 0. The molecule has 1 aromatic rings. The second-order valence-electron chi connectivity index (χ2n) is 7.40. The molecule has 4 atom stereocenters. The molecule has 0 radical (unpaired) electrons. The van der Waals surface area contributed by atoms with E-state index in [9.17, 15) is 19.2 Å². The summed E-state index contributed by atoms with van der Waals surface area (Å²) >= 11 is 0. The maximum atomic E-state index is 12.5. The summed E-state index contributed by atoms with van der Waals surface area (Å²) in [4.78, 5) is 50.3. The van der Waals surface area contributed by atoms with E-state index in [1.165, 1.54) is 0 Å². The minimum atomic E-state index is -0.740. The number of benzene rings is 1. The van der Waals surface area contributed by atoms with Crippen molar-refractivity contribution in [2.45, 2.75) is 19.8 Å². The summed E-state index contributed by atoms with van der Waals surface area (Å²) in [6, 6.07) is 7.12. The number of esters is 1. The topological polar surface area (TPSA) is 80.8 Å². The van der Waals surface area contributed by atoms with E-state index in [4.69, 9.17) is 4.74 Å². The number of carbonyl (C=O) groups excluding carboxylic acids is 4. The number of carbonyl (C=O) groups is 4. The van der Waals surface area contributed by atoms with Gasteiger partial charge in [-0.15, -0.1) is 0 Å². The molecule has 2 aliphatic carbocycles. The zero-order valence-electron chi connectivity index (χ0n) is 15.1. The average molecular weight is 367 g/mol. The summed E-state index contributed by atoms with van der Waals surface area (Å²) in [5, 5.41) is 0. The third-order valence-electron chi connectivity index (χ3n) is 5.90. The maximum absolute atomic E-state index is 12.5. The quantitative estimate of drug-likeness (QED) is 0.331. The Morgan fingerprint density at radius 3 is 2.19 bits per heavy atom. The van der Waals surface area contributed by atoms with Crippen LogP contribution in [-0.2, 0) is 25.5 Å². The summed E-state index contributed by atoms with van der Waals surface area (Å²) in [6.07, 6.45) is 5.72. The summed E-state index contributed by atoms with van der Waals surface area (Å²) in [5.41, 5.74) is 1.58. The van der Waals surface area contributed by atoms with Crippen LogP contribution in [0.1, 0.15) is 29.3 Å². The number of ether oxygens (including phenoxy) is 1. The van der Waals surface area contributed by atoms with Crippen LogP contribution in [-0.4, -0.2) is 41.6 Å². The molecule has 1 heterocycles. The van der Waals surface area contributed by atoms with E-state index in [2.05, 4.69) is 0 Å². The summed E-state index contributed by atoms with van der Waals surface area (Å²) in [5.74, 6) is -2.10. The second kappa shape index (κ2) is 6.76. The summed E-state index contributed by atoms with van der Waals surface area (Å²) in [6.45, 7) is 1.20. The molecule has 6 heteroatoms. The van der Waals surface area contributed by atoms with Gasteiger partial charge in [0.15, 0.2) is 12.4 Å². The molecule has 4 unspecified atom stereocenters. The zero-order valence-corrected chi connectivity index (χ0v) is 15.1. The number of fused-ring (bicyclic) bond motifs is 5. The van der Waals surface area contributed by atoms with Crippen LogP contribution in [0.2, 0.25) is 0 Å². The summed E-state index contributed by atoms with van der Waals surface area (Å²) < 4.78 is 5.01. The van der Waals surface area contributed by atoms with Gasteiger partial charge in [0.05, 0.1) is 11.8 Å². The molecule has 0 aromatic heterocycles. The number of ketones is 1. The second-order valence-corrected chi connectivity index (χ2v) is 7.40. The number of Topliss-reactive ketones (excluding diaryl/α,β-unsaturated/α-hetero) is 1.